The lowest BCUT2D eigenvalue weighted by Crippen LogP contribution is -2.44. The lowest BCUT2D eigenvalue weighted by atomic mass is 10.1. The number of hydrogen-bond donors (Lipinski definition) is 1. The Labute approximate surface area is 162 Å². The molecule has 2 aromatic carbocycles. The van der Waals surface area contributed by atoms with Gasteiger partial charge in [0.25, 0.3) is 0 Å². The fourth-order valence-corrected chi connectivity index (χ4v) is 3.75. The molecule has 0 spiro atoms. The second-order valence-corrected chi connectivity index (χ2v) is 9.00. The minimum atomic E-state index is -3.83. The van der Waals surface area contributed by atoms with Crippen LogP contribution in [0.15, 0.2) is 36.4 Å². The molecule has 1 amide bonds. The highest BCUT2D eigenvalue weighted by atomic mass is 32.2. The molecule has 7 heteroatoms. The van der Waals surface area contributed by atoms with Gasteiger partial charge in [0, 0.05) is 19.8 Å². The van der Waals surface area contributed by atoms with Gasteiger partial charge in [-0.05, 0) is 68.1 Å². The number of aryl methyl sites for hydroxylation is 4. The van der Waals surface area contributed by atoms with Gasteiger partial charge in [-0.15, -0.1) is 0 Å². The van der Waals surface area contributed by atoms with Gasteiger partial charge < -0.3 is 5.32 Å². The van der Waals surface area contributed by atoms with Crippen LogP contribution in [0.4, 0.5) is 11.4 Å². The van der Waals surface area contributed by atoms with E-state index in [0.717, 1.165) is 30.9 Å². The molecular formula is C20H27N3O3S. The van der Waals surface area contributed by atoms with Gasteiger partial charge in [-0.1, -0.05) is 18.2 Å². The molecule has 2 aromatic rings. The molecule has 0 fully saturated rings. The summed E-state index contributed by atoms with van der Waals surface area (Å²) >= 11 is 0. The number of nitrogens with one attached hydrogen (secondary N) is 1. The quantitative estimate of drug-likeness (QED) is 0.825. The van der Waals surface area contributed by atoms with Crippen molar-refractivity contribution >= 4 is 27.5 Å². The topological polar surface area (TPSA) is 69.7 Å². The first kappa shape index (κ1) is 20.9. The lowest BCUT2D eigenvalue weighted by molar-refractivity contribution is -0.114. The zero-order valence-corrected chi connectivity index (χ0v) is 17.5. The second-order valence-electron chi connectivity index (χ2n) is 6.93. The summed E-state index contributed by atoms with van der Waals surface area (Å²) in [6, 6.07) is 11.1. The van der Waals surface area contributed by atoms with E-state index in [9.17, 15) is 13.2 Å². The molecule has 0 aliphatic carbocycles. The van der Waals surface area contributed by atoms with E-state index < -0.39 is 16.1 Å². The van der Waals surface area contributed by atoms with E-state index in [1.165, 1.54) is 14.1 Å². The molecule has 0 aliphatic heterocycles. The van der Waals surface area contributed by atoms with Gasteiger partial charge in [-0.25, -0.2) is 4.31 Å². The van der Waals surface area contributed by atoms with Gasteiger partial charge in [-0.3, -0.25) is 4.79 Å². The van der Waals surface area contributed by atoms with Crippen LogP contribution in [0.1, 0.15) is 22.3 Å². The van der Waals surface area contributed by atoms with E-state index in [2.05, 4.69) is 5.32 Å². The van der Waals surface area contributed by atoms with Crippen molar-refractivity contribution in [1.29, 1.82) is 0 Å². The van der Waals surface area contributed by atoms with E-state index in [-0.39, 0.29) is 6.54 Å². The van der Waals surface area contributed by atoms with Crippen LogP contribution < -0.4 is 9.62 Å². The van der Waals surface area contributed by atoms with E-state index >= 15 is 0 Å². The summed E-state index contributed by atoms with van der Waals surface area (Å²) in [6.45, 7) is 7.36. The summed E-state index contributed by atoms with van der Waals surface area (Å²) in [4.78, 5) is 12.6. The number of hydrogen-bond acceptors (Lipinski definition) is 3. The molecule has 1 N–H and O–H groups in total. The molecule has 0 saturated carbocycles. The van der Waals surface area contributed by atoms with Crippen LogP contribution >= 0.6 is 0 Å². The van der Waals surface area contributed by atoms with Crippen molar-refractivity contribution in [1.82, 2.24) is 4.31 Å². The molecule has 27 heavy (non-hydrogen) atoms. The largest absolute Gasteiger partial charge is 0.325 e. The zero-order chi connectivity index (χ0) is 20.4. The predicted octanol–water partition coefficient (Wildman–Crippen LogP) is 3.17. The Morgan fingerprint density at radius 3 is 2.15 bits per heavy atom. The average molecular weight is 390 g/mol. The molecule has 0 heterocycles. The molecule has 0 aromatic heterocycles. The van der Waals surface area contributed by atoms with Crippen molar-refractivity contribution in [2.75, 3.05) is 30.3 Å². The summed E-state index contributed by atoms with van der Waals surface area (Å²) in [7, 11) is -0.922. The van der Waals surface area contributed by atoms with Crippen molar-refractivity contribution in [2.45, 2.75) is 27.7 Å². The molecular weight excluding hydrogens is 362 g/mol. The maximum atomic E-state index is 12.9. The maximum absolute atomic E-state index is 12.9. The third-order valence-electron chi connectivity index (χ3n) is 4.45. The number of carbonyl (C=O) groups is 1. The Balaban J connectivity index is 2.35. The van der Waals surface area contributed by atoms with Gasteiger partial charge >= 0.3 is 10.2 Å². The summed E-state index contributed by atoms with van der Waals surface area (Å²) in [5.74, 6) is -0.399. The Morgan fingerprint density at radius 2 is 1.56 bits per heavy atom. The van der Waals surface area contributed by atoms with Crippen molar-refractivity contribution in [3.05, 3.63) is 58.7 Å². The van der Waals surface area contributed by atoms with Gasteiger partial charge in [0.1, 0.15) is 6.54 Å². The zero-order valence-electron chi connectivity index (χ0n) is 16.7. The van der Waals surface area contributed by atoms with Crippen LogP contribution in [0.3, 0.4) is 0 Å². The molecule has 0 aliphatic rings. The average Bonchev–Trinajstić information content (AvgIpc) is 2.58. The molecule has 6 nitrogen and oxygen atoms in total. The second kappa shape index (κ2) is 8.10. The van der Waals surface area contributed by atoms with Crippen LogP contribution in [0.2, 0.25) is 0 Å². The minimum absolute atomic E-state index is 0.308. The first-order valence-corrected chi connectivity index (χ1v) is 10.1. The Morgan fingerprint density at radius 1 is 0.926 bits per heavy atom. The van der Waals surface area contributed by atoms with Gasteiger partial charge in [0.15, 0.2) is 0 Å². The summed E-state index contributed by atoms with van der Waals surface area (Å²) in [6.07, 6.45) is 0. The number of benzene rings is 2. The molecule has 0 saturated heterocycles. The van der Waals surface area contributed by atoms with Crippen LogP contribution in [0, 0.1) is 27.7 Å². The summed E-state index contributed by atoms with van der Waals surface area (Å²) in [5.41, 5.74) is 5.03. The first-order valence-electron chi connectivity index (χ1n) is 8.67. The first-order chi connectivity index (χ1) is 12.5. The number of nitrogens with zero attached hydrogens (tertiary/aromatic N) is 2. The van der Waals surface area contributed by atoms with E-state index in [4.69, 9.17) is 0 Å². The highest BCUT2D eigenvalue weighted by Crippen LogP contribution is 2.25. The van der Waals surface area contributed by atoms with Crippen LogP contribution in [0.25, 0.3) is 0 Å². The van der Waals surface area contributed by atoms with Gasteiger partial charge in [-0.2, -0.15) is 12.7 Å². The van der Waals surface area contributed by atoms with Gasteiger partial charge in [0.2, 0.25) is 5.91 Å². The van der Waals surface area contributed by atoms with Crippen molar-refractivity contribution in [3.8, 4) is 0 Å². The molecule has 0 bridgehead atoms. The van der Waals surface area contributed by atoms with E-state index in [0.29, 0.717) is 11.4 Å². The third kappa shape index (κ3) is 4.87. The van der Waals surface area contributed by atoms with Crippen LogP contribution in [-0.2, 0) is 15.0 Å². The molecule has 0 atom stereocenters. The van der Waals surface area contributed by atoms with Gasteiger partial charge in [0.05, 0.1) is 5.69 Å². The SMILES string of the molecule is Cc1ccc(C)c(N(CC(=O)Nc2ccc(C)c(C)c2)S(=O)(=O)N(C)C)c1. The summed E-state index contributed by atoms with van der Waals surface area (Å²) < 4.78 is 28.0. The Kier molecular flexibility index (Phi) is 6.28. The van der Waals surface area contributed by atoms with Crippen molar-refractivity contribution in [2.24, 2.45) is 0 Å². The van der Waals surface area contributed by atoms with Crippen molar-refractivity contribution < 1.29 is 13.2 Å². The van der Waals surface area contributed by atoms with Crippen LogP contribution in [0.5, 0.6) is 0 Å². The van der Waals surface area contributed by atoms with E-state index in [1.807, 2.05) is 58.0 Å². The number of carbonyl (C=O) groups excluding carboxylic acids is 1. The highest BCUT2D eigenvalue weighted by Gasteiger charge is 2.28. The fraction of sp³-hybridized carbons (Fsp3) is 0.350. The molecule has 146 valence electrons. The number of amides is 1. The predicted molar refractivity (Wildman–Crippen MR) is 110 cm³/mol. The van der Waals surface area contributed by atoms with Crippen LogP contribution in [-0.4, -0.2) is 39.3 Å². The normalized spacial score (nSPS) is 11.5. The monoisotopic (exact) mass is 389 g/mol. The van der Waals surface area contributed by atoms with E-state index in [1.54, 1.807) is 6.07 Å². The number of anilines is 2. The lowest BCUT2D eigenvalue weighted by Gasteiger charge is -2.28. The summed E-state index contributed by atoms with van der Waals surface area (Å²) in [5, 5.41) is 2.79. The third-order valence-corrected chi connectivity index (χ3v) is 6.26. The molecule has 2 rings (SSSR count). The van der Waals surface area contributed by atoms with Crippen molar-refractivity contribution in [3.63, 3.8) is 0 Å². The standard InChI is InChI=1S/C20H27N3O3S/c1-14-7-8-16(3)19(11-14)23(27(25,26)22(5)6)13-20(24)21-18-10-9-15(2)17(4)12-18/h7-12H,13H2,1-6H3,(H,21,24). The minimum Gasteiger partial charge on any atom is -0.325 e. The fourth-order valence-electron chi connectivity index (χ4n) is 2.63. The maximum Gasteiger partial charge on any atom is 0.304 e. The molecule has 0 radical (unpaired) electrons. The number of rotatable bonds is 6. The molecule has 0 unspecified atom stereocenters. The smallest absolute Gasteiger partial charge is 0.304 e. The highest BCUT2D eigenvalue weighted by molar-refractivity contribution is 7.90. The Bertz CT molecular complexity index is 953. The Hall–Kier alpha value is -2.38.